The lowest BCUT2D eigenvalue weighted by Crippen LogP contribution is -2.48. The Bertz CT molecular complexity index is 495. The predicted molar refractivity (Wildman–Crippen MR) is 84.4 cm³/mol. The molecule has 0 saturated heterocycles. The average Bonchev–Trinajstić information content (AvgIpc) is 2.40. The summed E-state index contributed by atoms with van der Waals surface area (Å²) in [5, 5.41) is 12.5. The minimum Gasteiger partial charge on any atom is -0.481 e. The molecule has 1 rings (SSSR count). The number of rotatable bonds is 6. The molecule has 0 bridgehead atoms. The molecule has 0 aromatic heterocycles. The van der Waals surface area contributed by atoms with Crippen LogP contribution in [0.3, 0.4) is 0 Å². The topological polar surface area (TPSA) is 58.6 Å². The maximum Gasteiger partial charge on any atom is 0.261 e. The third-order valence-corrected chi connectivity index (χ3v) is 3.70. The van der Waals surface area contributed by atoms with Crippen LogP contribution >= 0.6 is 0 Å². The maximum absolute atomic E-state index is 12.1. The Morgan fingerprint density at radius 1 is 1.38 bits per heavy atom. The summed E-state index contributed by atoms with van der Waals surface area (Å²) in [4.78, 5) is 12.1. The number of amides is 1. The van der Waals surface area contributed by atoms with Gasteiger partial charge >= 0.3 is 0 Å². The van der Waals surface area contributed by atoms with E-state index in [1.807, 2.05) is 39.8 Å². The molecule has 1 amide bonds. The molecule has 118 valence electrons. The van der Waals surface area contributed by atoms with E-state index in [1.54, 1.807) is 19.9 Å². The number of benzene rings is 1. The molecule has 4 nitrogen and oxygen atoms in total. The number of carbonyl (C=O) groups excluding carboxylic acids is 1. The second-order valence-corrected chi connectivity index (χ2v) is 6.19. The van der Waals surface area contributed by atoms with Crippen LogP contribution in [-0.4, -0.2) is 22.7 Å². The van der Waals surface area contributed by atoms with E-state index >= 15 is 0 Å². The molecular formula is C17H27NO3. The smallest absolute Gasteiger partial charge is 0.261 e. The SMILES string of the molecule is CCC(C)(C)NC(=O)C(C)Oc1ccc([C@H](C)O)cc1C. The molecule has 0 aliphatic rings. The number of ether oxygens (including phenoxy) is 1. The normalized spacial score (nSPS) is 14.4. The molecule has 4 heteroatoms. The van der Waals surface area contributed by atoms with Crippen molar-refractivity contribution in [2.45, 2.75) is 65.7 Å². The molecule has 2 N–H and O–H groups in total. The van der Waals surface area contributed by atoms with E-state index < -0.39 is 12.2 Å². The van der Waals surface area contributed by atoms with Crippen LogP contribution in [0.1, 0.15) is 58.3 Å². The quantitative estimate of drug-likeness (QED) is 0.847. The molecular weight excluding hydrogens is 266 g/mol. The van der Waals surface area contributed by atoms with Gasteiger partial charge in [-0.05, 0) is 64.3 Å². The lowest BCUT2D eigenvalue weighted by molar-refractivity contribution is -0.129. The third kappa shape index (κ3) is 5.05. The summed E-state index contributed by atoms with van der Waals surface area (Å²) in [6, 6.07) is 5.49. The van der Waals surface area contributed by atoms with Crippen molar-refractivity contribution in [1.29, 1.82) is 0 Å². The number of aliphatic hydroxyl groups is 1. The van der Waals surface area contributed by atoms with E-state index in [9.17, 15) is 9.90 Å². The summed E-state index contributed by atoms with van der Waals surface area (Å²) < 4.78 is 5.74. The number of hydrogen-bond donors (Lipinski definition) is 2. The summed E-state index contributed by atoms with van der Waals surface area (Å²) in [5.41, 5.74) is 1.51. The van der Waals surface area contributed by atoms with Crippen LogP contribution in [0.2, 0.25) is 0 Å². The van der Waals surface area contributed by atoms with Gasteiger partial charge in [0.25, 0.3) is 5.91 Å². The number of aryl methyl sites for hydroxylation is 1. The van der Waals surface area contributed by atoms with Gasteiger partial charge in [-0.2, -0.15) is 0 Å². The first kappa shape index (κ1) is 17.5. The van der Waals surface area contributed by atoms with Gasteiger partial charge in [0.05, 0.1) is 6.10 Å². The minimum absolute atomic E-state index is 0.124. The number of carbonyl (C=O) groups is 1. The Hall–Kier alpha value is -1.55. The lowest BCUT2D eigenvalue weighted by atomic mass is 10.0. The molecule has 0 spiro atoms. The van der Waals surface area contributed by atoms with Gasteiger partial charge in [0, 0.05) is 5.54 Å². The standard InChI is InChI=1S/C17H27NO3/c1-7-17(5,6)18-16(20)13(4)21-15-9-8-14(12(3)19)10-11(15)2/h8-10,12-13,19H,7H2,1-6H3,(H,18,20)/t12-,13?/m0/s1. The maximum atomic E-state index is 12.1. The summed E-state index contributed by atoms with van der Waals surface area (Å²) in [6.07, 6.45) is -0.219. The lowest BCUT2D eigenvalue weighted by Gasteiger charge is -2.27. The molecule has 1 aromatic carbocycles. The predicted octanol–water partition coefficient (Wildman–Crippen LogP) is 3.12. The summed E-state index contributed by atoms with van der Waals surface area (Å²) in [5.74, 6) is 0.539. The van der Waals surface area contributed by atoms with Crippen LogP contribution < -0.4 is 10.1 Å². The highest BCUT2D eigenvalue weighted by Gasteiger charge is 2.23. The Labute approximate surface area is 127 Å². The van der Waals surface area contributed by atoms with Crippen LogP contribution in [0.15, 0.2) is 18.2 Å². The van der Waals surface area contributed by atoms with Crippen LogP contribution in [0.4, 0.5) is 0 Å². The van der Waals surface area contributed by atoms with Gasteiger partial charge in [-0.1, -0.05) is 13.0 Å². The van der Waals surface area contributed by atoms with Crippen molar-refractivity contribution in [1.82, 2.24) is 5.32 Å². The molecule has 2 atom stereocenters. The van der Waals surface area contributed by atoms with E-state index in [0.29, 0.717) is 5.75 Å². The van der Waals surface area contributed by atoms with Crippen molar-refractivity contribution in [2.75, 3.05) is 0 Å². The highest BCUT2D eigenvalue weighted by atomic mass is 16.5. The summed E-state index contributed by atoms with van der Waals surface area (Å²) >= 11 is 0. The summed E-state index contributed by atoms with van der Waals surface area (Å²) in [6.45, 7) is 11.4. The molecule has 0 aliphatic heterocycles. The van der Waals surface area contributed by atoms with Crippen molar-refractivity contribution < 1.29 is 14.6 Å². The van der Waals surface area contributed by atoms with Crippen LogP contribution in [-0.2, 0) is 4.79 Å². The second-order valence-electron chi connectivity index (χ2n) is 6.19. The van der Waals surface area contributed by atoms with Gasteiger partial charge in [0.15, 0.2) is 6.10 Å². The first-order chi connectivity index (χ1) is 9.66. The van der Waals surface area contributed by atoms with Crippen molar-refractivity contribution in [2.24, 2.45) is 0 Å². The van der Waals surface area contributed by atoms with Gasteiger partial charge < -0.3 is 15.2 Å². The first-order valence-electron chi connectivity index (χ1n) is 7.43. The fraction of sp³-hybridized carbons (Fsp3) is 0.588. The molecule has 21 heavy (non-hydrogen) atoms. The van der Waals surface area contributed by atoms with Crippen LogP contribution in [0, 0.1) is 6.92 Å². The van der Waals surface area contributed by atoms with Crippen molar-refractivity contribution in [3.05, 3.63) is 29.3 Å². The molecule has 0 heterocycles. The van der Waals surface area contributed by atoms with Crippen LogP contribution in [0.5, 0.6) is 5.75 Å². The second kappa shape index (κ2) is 6.94. The van der Waals surface area contributed by atoms with E-state index in [4.69, 9.17) is 4.74 Å². The summed E-state index contributed by atoms with van der Waals surface area (Å²) in [7, 11) is 0. The van der Waals surface area contributed by atoms with E-state index in [2.05, 4.69) is 5.32 Å². The zero-order chi connectivity index (χ0) is 16.2. The Kier molecular flexibility index (Phi) is 5.78. The number of nitrogens with one attached hydrogen (secondary N) is 1. The fourth-order valence-corrected chi connectivity index (χ4v) is 1.83. The highest BCUT2D eigenvalue weighted by molar-refractivity contribution is 5.81. The monoisotopic (exact) mass is 293 g/mol. The molecule has 0 saturated carbocycles. The molecule has 1 aromatic rings. The molecule has 0 fully saturated rings. The van der Waals surface area contributed by atoms with Gasteiger partial charge in [-0.15, -0.1) is 0 Å². The third-order valence-electron chi connectivity index (χ3n) is 3.70. The largest absolute Gasteiger partial charge is 0.481 e. The van der Waals surface area contributed by atoms with Gasteiger partial charge in [-0.25, -0.2) is 0 Å². The fourth-order valence-electron chi connectivity index (χ4n) is 1.83. The van der Waals surface area contributed by atoms with E-state index in [-0.39, 0.29) is 11.4 Å². The Morgan fingerprint density at radius 3 is 2.48 bits per heavy atom. The van der Waals surface area contributed by atoms with E-state index in [0.717, 1.165) is 17.5 Å². The zero-order valence-corrected chi connectivity index (χ0v) is 13.9. The Balaban J connectivity index is 2.75. The van der Waals surface area contributed by atoms with Gasteiger partial charge in [-0.3, -0.25) is 4.79 Å². The van der Waals surface area contributed by atoms with E-state index in [1.165, 1.54) is 0 Å². The minimum atomic E-state index is -0.563. The first-order valence-corrected chi connectivity index (χ1v) is 7.43. The van der Waals surface area contributed by atoms with Crippen molar-refractivity contribution in [3.63, 3.8) is 0 Å². The van der Waals surface area contributed by atoms with Gasteiger partial charge in [0.2, 0.25) is 0 Å². The molecule has 1 unspecified atom stereocenters. The molecule has 0 aliphatic carbocycles. The number of hydrogen-bond acceptors (Lipinski definition) is 3. The average molecular weight is 293 g/mol. The van der Waals surface area contributed by atoms with Crippen molar-refractivity contribution in [3.8, 4) is 5.75 Å². The van der Waals surface area contributed by atoms with Gasteiger partial charge in [0.1, 0.15) is 5.75 Å². The Morgan fingerprint density at radius 2 is 2.00 bits per heavy atom. The molecule has 0 radical (unpaired) electrons. The highest BCUT2D eigenvalue weighted by Crippen LogP contribution is 2.23. The van der Waals surface area contributed by atoms with Crippen LogP contribution in [0.25, 0.3) is 0 Å². The zero-order valence-electron chi connectivity index (χ0n) is 13.9. The van der Waals surface area contributed by atoms with Crippen molar-refractivity contribution >= 4 is 5.91 Å². The number of aliphatic hydroxyl groups excluding tert-OH is 1.